The maximum absolute atomic E-state index is 12.1. The van der Waals surface area contributed by atoms with Gasteiger partial charge < -0.3 is 15.5 Å². The summed E-state index contributed by atoms with van der Waals surface area (Å²) in [4.78, 5) is 18.3. The molecule has 0 saturated carbocycles. The van der Waals surface area contributed by atoms with E-state index in [1.165, 1.54) is 0 Å². The topological polar surface area (TPSA) is 73.8 Å². The Bertz CT molecular complexity index is 686. The Hall–Kier alpha value is -1.16. The van der Waals surface area contributed by atoms with E-state index in [2.05, 4.69) is 15.6 Å². The first kappa shape index (κ1) is 24.9. The Morgan fingerprint density at radius 3 is 2.43 bits per heavy atom. The van der Waals surface area contributed by atoms with E-state index < -0.39 is 10.8 Å². The molecule has 1 aromatic rings. The van der Waals surface area contributed by atoms with Gasteiger partial charge in [0.25, 0.3) is 0 Å². The number of halogens is 1. The summed E-state index contributed by atoms with van der Waals surface area (Å²) in [6, 6.07) is 8.01. The normalized spacial score (nSPS) is 15.9. The first-order valence-electron chi connectivity index (χ1n) is 9.61. The molecule has 0 spiro atoms. The molecule has 0 aromatic heterocycles. The van der Waals surface area contributed by atoms with Crippen molar-refractivity contribution in [2.24, 2.45) is 4.99 Å². The molecule has 28 heavy (non-hydrogen) atoms. The number of anilines is 1. The van der Waals surface area contributed by atoms with Crippen molar-refractivity contribution < 1.29 is 9.00 Å². The Kier molecular flexibility index (Phi) is 10.4. The van der Waals surface area contributed by atoms with Crippen molar-refractivity contribution in [2.75, 3.05) is 30.3 Å². The van der Waals surface area contributed by atoms with Gasteiger partial charge in [-0.3, -0.25) is 9.00 Å². The SMILES string of the molecule is CCNC(=NCc1ccc(N2CCCC2=O)cc1)NCCS(=O)C(C)(C)C.I. The van der Waals surface area contributed by atoms with Crippen LogP contribution in [0.1, 0.15) is 46.1 Å². The van der Waals surface area contributed by atoms with E-state index in [0.717, 1.165) is 36.7 Å². The first-order chi connectivity index (χ1) is 12.8. The van der Waals surface area contributed by atoms with Crippen molar-refractivity contribution in [3.05, 3.63) is 29.8 Å². The standard InChI is InChI=1S/C20H32N4O2S.HI/c1-5-21-19(22-12-14-27(26)20(2,3)4)23-15-16-8-10-17(11-9-16)24-13-6-7-18(24)25;/h8-11H,5-7,12-15H2,1-4H3,(H2,21,22,23);1H. The Labute approximate surface area is 188 Å². The molecule has 6 nitrogen and oxygen atoms in total. The minimum absolute atomic E-state index is 0. The largest absolute Gasteiger partial charge is 0.357 e. The number of carbonyl (C=O) groups excluding carboxylic acids is 1. The van der Waals surface area contributed by atoms with Gasteiger partial charge in [0.2, 0.25) is 5.91 Å². The van der Waals surface area contributed by atoms with Gasteiger partial charge in [0, 0.05) is 53.0 Å². The van der Waals surface area contributed by atoms with Crippen LogP contribution in [0.5, 0.6) is 0 Å². The molecule has 1 saturated heterocycles. The fourth-order valence-electron chi connectivity index (χ4n) is 2.78. The Morgan fingerprint density at radius 2 is 1.89 bits per heavy atom. The van der Waals surface area contributed by atoms with Crippen LogP contribution in [0.15, 0.2) is 29.3 Å². The van der Waals surface area contributed by atoms with Gasteiger partial charge in [-0.2, -0.15) is 0 Å². The average Bonchev–Trinajstić information content (AvgIpc) is 3.05. The fraction of sp³-hybridized carbons (Fsp3) is 0.600. The van der Waals surface area contributed by atoms with Gasteiger partial charge in [-0.25, -0.2) is 4.99 Å². The van der Waals surface area contributed by atoms with Gasteiger partial charge >= 0.3 is 0 Å². The van der Waals surface area contributed by atoms with Crippen LogP contribution in [0, 0.1) is 0 Å². The van der Waals surface area contributed by atoms with Gasteiger partial charge in [-0.05, 0) is 51.8 Å². The number of guanidine groups is 1. The molecular weight excluding hydrogens is 487 g/mol. The van der Waals surface area contributed by atoms with Gasteiger partial charge in [0.05, 0.1) is 6.54 Å². The van der Waals surface area contributed by atoms with Crippen molar-refractivity contribution in [2.45, 2.75) is 51.8 Å². The molecule has 2 rings (SSSR count). The van der Waals surface area contributed by atoms with Crippen molar-refractivity contribution in [3.63, 3.8) is 0 Å². The minimum atomic E-state index is -0.882. The summed E-state index contributed by atoms with van der Waals surface area (Å²) in [6.07, 6.45) is 1.58. The van der Waals surface area contributed by atoms with Gasteiger partial charge in [-0.15, -0.1) is 24.0 Å². The third kappa shape index (κ3) is 7.69. The summed E-state index contributed by atoms with van der Waals surface area (Å²) in [7, 11) is -0.882. The number of nitrogens with one attached hydrogen (secondary N) is 2. The van der Waals surface area contributed by atoms with Crippen LogP contribution in [0.4, 0.5) is 5.69 Å². The number of nitrogens with zero attached hydrogens (tertiary/aromatic N) is 2. The zero-order valence-electron chi connectivity index (χ0n) is 17.3. The molecule has 1 unspecified atom stereocenters. The highest BCUT2D eigenvalue weighted by atomic mass is 127. The quantitative estimate of drug-likeness (QED) is 0.330. The number of amides is 1. The third-order valence-electron chi connectivity index (χ3n) is 4.35. The molecular formula is C20H33IN4O2S. The summed E-state index contributed by atoms with van der Waals surface area (Å²) in [6.45, 7) is 10.7. The molecule has 0 bridgehead atoms. The van der Waals surface area contributed by atoms with Crippen molar-refractivity contribution in [1.82, 2.24) is 10.6 Å². The molecule has 1 aromatic carbocycles. The lowest BCUT2D eigenvalue weighted by Gasteiger charge is -2.18. The predicted molar refractivity (Wildman–Crippen MR) is 129 cm³/mol. The number of hydrogen-bond donors (Lipinski definition) is 2. The molecule has 1 heterocycles. The molecule has 1 amide bonds. The highest BCUT2D eigenvalue weighted by Gasteiger charge is 2.21. The summed E-state index contributed by atoms with van der Waals surface area (Å²) in [5.74, 6) is 1.51. The van der Waals surface area contributed by atoms with Crippen molar-refractivity contribution >= 4 is 52.3 Å². The number of hydrogen-bond acceptors (Lipinski definition) is 3. The number of benzene rings is 1. The lowest BCUT2D eigenvalue weighted by molar-refractivity contribution is -0.117. The molecule has 1 aliphatic rings. The number of carbonyl (C=O) groups is 1. The monoisotopic (exact) mass is 520 g/mol. The zero-order chi connectivity index (χ0) is 19.9. The first-order valence-corrected chi connectivity index (χ1v) is 10.9. The van der Waals surface area contributed by atoms with E-state index in [-0.39, 0.29) is 34.6 Å². The van der Waals surface area contributed by atoms with Crippen molar-refractivity contribution in [3.8, 4) is 0 Å². The molecule has 158 valence electrons. The van der Waals surface area contributed by atoms with Crippen LogP contribution in [0.2, 0.25) is 0 Å². The van der Waals surface area contributed by atoms with Crippen LogP contribution in [0.3, 0.4) is 0 Å². The maximum atomic E-state index is 12.1. The van der Waals surface area contributed by atoms with Crippen LogP contribution >= 0.6 is 24.0 Å². The molecule has 1 fully saturated rings. The van der Waals surface area contributed by atoms with Crippen LogP contribution in [-0.4, -0.2) is 46.2 Å². The molecule has 0 aliphatic carbocycles. The molecule has 1 aliphatic heterocycles. The average molecular weight is 520 g/mol. The Morgan fingerprint density at radius 1 is 1.21 bits per heavy atom. The summed E-state index contributed by atoms with van der Waals surface area (Å²) in [5, 5.41) is 6.46. The van der Waals surface area contributed by atoms with Gasteiger partial charge in [-0.1, -0.05) is 12.1 Å². The third-order valence-corrected chi connectivity index (χ3v) is 6.29. The molecule has 0 radical (unpaired) electrons. The van der Waals surface area contributed by atoms with E-state index >= 15 is 0 Å². The number of aliphatic imine (C=N–C) groups is 1. The lowest BCUT2D eigenvalue weighted by Crippen LogP contribution is -2.40. The summed E-state index contributed by atoms with van der Waals surface area (Å²) < 4.78 is 11.9. The van der Waals surface area contributed by atoms with E-state index in [1.807, 2.05) is 56.9 Å². The lowest BCUT2D eigenvalue weighted by atomic mass is 10.2. The van der Waals surface area contributed by atoms with Crippen LogP contribution < -0.4 is 15.5 Å². The zero-order valence-corrected chi connectivity index (χ0v) is 20.4. The van der Waals surface area contributed by atoms with Crippen LogP contribution in [-0.2, 0) is 22.1 Å². The second kappa shape index (κ2) is 11.7. The van der Waals surface area contributed by atoms with Gasteiger partial charge in [0.1, 0.15) is 0 Å². The van der Waals surface area contributed by atoms with E-state index in [0.29, 0.717) is 25.3 Å². The smallest absolute Gasteiger partial charge is 0.227 e. The number of rotatable bonds is 7. The predicted octanol–water partition coefficient (Wildman–Crippen LogP) is 3.03. The summed E-state index contributed by atoms with van der Waals surface area (Å²) in [5.41, 5.74) is 2.04. The molecule has 2 N–H and O–H groups in total. The van der Waals surface area contributed by atoms with E-state index in [4.69, 9.17) is 0 Å². The van der Waals surface area contributed by atoms with E-state index in [1.54, 1.807) is 0 Å². The summed E-state index contributed by atoms with van der Waals surface area (Å²) >= 11 is 0. The highest BCUT2D eigenvalue weighted by molar-refractivity contribution is 14.0. The maximum Gasteiger partial charge on any atom is 0.227 e. The van der Waals surface area contributed by atoms with E-state index in [9.17, 15) is 9.00 Å². The van der Waals surface area contributed by atoms with Gasteiger partial charge in [0.15, 0.2) is 5.96 Å². The second-order valence-corrected chi connectivity index (χ2v) is 9.92. The van der Waals surface area contributed by atoms with Crippen molar-refractivity contribution in [1.29, 1.82) is 0 Å². The Balaban J connectivity index is 0.00000392. The second-order valence-electron chi connectivity index (χ2n) is 7.60. The highest BCUT2D eigenvalue weighted by Crippen LogP contribution is 2.21. The molecule has 8 heteroatoms. The minimum Gasteiger partial charge on any atom is -0.357 e. The molecule has 1 atom stereocenters. The van der Waals surface area contributed by atoms with Crippen LogP contribution in [0.25, 0.3) is 0 Å². The fourth-order valence-corrected chi connectivity index (χ4v) is 3.68.